The monoisotopic (exact) mass is 221 g/mol. The fourth-order valence-electron chi connectivity index (χ4n) is 1.84. The van der Waals surface area contributed by atoms with Gasteiger partial charge in [0.25, 0.3) is 0 Å². The van der Waals surface area contributed by atoms with Crippen molar-refractivity contribution < 1.29 is 0 Å². The average molecular weight is 221 g/mol. The van der Waals surface area contributed by atoms with Crippen molar-refractivity contribution in [2.24, 2.45) is 7.05 Å². The molecule has 1 heterocycles. The number of aromatic nitrogens is 2. The highest BCUT2D eigenvalue weighted by atomic mass is 15.2. The topological polar surface area (TPSA) is 29.9 Å². The summed E-state index contributed by atoms with van der Waals surface area (Å²) in [5, 5.41) is 7.82. The molecule has 0 fully saturated rings. The molecule has 0 unspecified atom stereocenters. The van der Waals surface area contributed by atoms with Gasteiger partial charge in [0.2, 0.25) is 0 Å². The lowest BCUT2D eigenvalue weighted by molar-refractivity contribution is 0.422. The first kappa shape index (κ1) is 13.0. The van der Waals surface area contributed by atoms with Crippen LogP contribution >= 0.6 is 0 Å². The van der Waals surface area contributed by atoms with Crippen LogP contribution in [0, 0.1) is 0 Å². The molecule has 0 bridgehead atoms. The molecular weight excluding hydrogens is 198 g/mol. The lowest BCUT2D eigenvalue weighted by atomic mass is 10.1. The maximum Gasteiger partial charge on any atom is 0.0537 e. The van der Waals surface area contributed by atoms with Gasteiger partial charge < -0.3 is 5.32 Å². The van der Waals surface area contributed by atoms with Gasteiger partial charge in [-0.3, -0.25) is 4.68 Å². The second kappa shape index (κ2) is 6.48. The highest BCUT2D eigenvalue weighted by Gasteiger charge is 2.12. The van der Waals surface area contributed by atoms with Crippen LogP contribution in [0.25, 0.3) is 0 Å². The Kier molecular flexibility index (Phi) is 5.26. The van der Waals surface area contributed by atoms with Gasteiger partial charge in [-0.25, -0.2) is 0 Å². The number of nitrogens with one attached hydrogen (secondary N) is 1. The van der Waals surface area contributed by atoms with Crippen molar-refractivity contribution in [3.8, 4) is 0 Å². The van der Waals surface area contributed by atoms with Crippen molar-refractivity contribution in [3.05, 3.63) is 30.6 Å². The van der Waals surface area contributed by atoms with E-state index in [1.165, 1.54) is 5.56 Å². The van der Waals surface area contributed by atoms with Crippen LogP contribution in [0.2, 0.25) is 0 Å². The van der Waals surface area contributed by atoms with Gasteiger partial charge >= 0.3 is 0 Å². The molecule has 90 valence electrons. The van der Waals surface area contributed by atoms with Gasteiger partial charge in [0.05, 0.1) is 6.20 Å². The van der Waals surface area contributed by atoms with Crippen LogP contribution in [0.3, 0.4) is 0 Å². The molecule has 1 aromatic rings. The quantitative estimate of drug-likeness (QED) is 0.718. The Labute approximate surface area is 98.5 Å². The van der Waals surface area contributed by atoms with Gasteiger partial charge in [0.15, 0.2) is 0 Å². The fourth-order valence-corrected chi connectivity index (χ4v) is 1.84. The molecule has 3 heteroatoms. The van der Waals surface area contributed by atoms with Crippen molar-refractivity contribution >= 4 is 0 Å². The Morgan fingerprint density at radius 1 is 1.62 bits per heavy atom. The summed E-state index contributed by atoms with van der Waals surface area (Å²) in [6.07, 6.45) is 9.36. The summed E-state index contributed by atoms with van der Waals surface area (Å²) in [5.74, 6) is 0. The normalized spacial score (nSPS) is 14.7. The number of hydrogen-bond donors (Lipinski definition) is 1. The van der Waals surface area contributed by atoms with Crippen molar-refractivity contribution in [2.75, 3.05) is 0 Å². The molecule has 0 saturated heterocycles. The largest absolute Gasteiger partial charge is 0.307 e. The third-order valence-corrected chi connectivity index (χ3v) is 2.92. The van der Waals surface area contributed by atoms with Crippen LogP contribution in [0.4, 0.5) is 0 Å². The lowest BCUT2D eigenvalue weighted by Gasteiger charge is -2.21. The molecule has 1 N–H and O–H groups in total. The third kappa shape index (κ3) is 3.81. The van der Waals surface area contributed by atoms with Crippen LogP contribution in [-0.2, 0) is 7.05 Å². The Morgan fingerprint density at radius 2 is 2.38 bits per heavy atom. The second-order valence-electron chi connectivity index (χ2n) is 4.31. The van der Waals surface area contributed by atoms with E-state index in [0.29, 0.717) is 12.1 Å². The summed E-state index contributed by atoms with van der Waals surface area (Å²) in [7, 11) is 1.95. The van der Waals surface area contributed by atoms with Gasteiger partial charge in [-0.05, 0) is 26.2 Å². The SMILES string of the molecule is C=CCC[C@@H](CC)N[C@@H](C)c1cnn(C)c1. The predicted molar refractivity (Wildman–Crippen MR) is 68.3 cm³/mol. The van der Waals surface area contributed by atoms with Crippen molar-refractivity contribution in [1.82, 2.24) is 15.1 Å². The van der Waals surface area contributed by atoms with E-state index in [9.17, 15) is 0 Å². The van der Waals surface area contributed by atoms with Gasteiger partial charge in [-0.1, -0.05) is 13.0 Å². The van der Waals surface area contributed by atoms with Crippen molar-refractivity contribution in [3.63, 3.8) is 0 Å². The van der Waals surface area contributed by atoms with Crippen LogP contribution in [0.1, 0.15) is 44.7 Å². The van der Waals surface area contributed by atoms with Crippen LogP contribution in [0.15, 0.2) is 25.0 Å². The van der Waals surface area contributed by atoms with Gasteiger partial charge in [0.1, 0.15) is 0 Å². The molecule has 2 atom stereocenters. The Morgan fingerprint density at radius 3 is 2.88 bits per heavy atom. The number of allylic oxidation sites excluding steroid dienone is 1. The lowest BCUT2D eigenvalue weighted by Crippen LogP contribution is -2.30. The molecule has 0 aliphatic carbocycles. The first-order chi connectivity index (χ1) is 7.67. The molecule has 1 aromatic heterocycles. The summed E-state index contributed by atoms with van der Waals surface area (Å²) in [5.41, 5.74) is 1.25. The summed E-state index contributed by atoms with van der Waals surface area (Å²) in [6, 6.07) is 0.927. The molecular formula is C13H23N3. The van der Waals surface area contributed by atoms with E-state index in [0.717, 1.165) is 19.3 Å². The van der Waals surface area contributed by atoms with E-state index in [-0.39, 0.29) is 0 Å². The molecule has 0 aliphatic rings. The number of rotatable bonds is 7. The summed E-state index contributed by atoms with van der Waals surface area (Å²) >= 11 is 0. The van der Waals surface area contributed by atoms with Crippen molar-refractivity contribution in [2.45, 2.75) is 45.2 Å². The van der Waals surface area contributed by atoms with Gasteiger partial charge in [0, 0.05) is 30.9 Å². The zero-order valence-corrected chi connectivity index (χ0v) is 10.6. The highest BCUT2D eigenvalue weighted by molar-refractivity contribution is 5.09. The van der Waals surface area contributed by atoms with E-state index < -0.39 is 0 Å². The summed E-state index contributed by atoms with van der Waals surface area (Å²) < 4.78 is 1.85. The minimum atomic E-state index is 0.364. The summed E-state index contributed by atoms with van der Waals surface area (Å²) in [4.78, 5) is 0. The molecule has 0 saturated carbocycles. The zero-order valence-electron chi connectivity index (χ0n) is 10.6. The summed E-state index contributed by atoms with van der Waals surface area (Å²) in [6.45, 7) is 8.17. The predicted octanol–water partition coefficient (Wildman–Crippen LogP) is 2.82. The van der Waals surface area contributed by atoms with E-state index in [4.69, 9.17) is 0 Å². The molecule has 16 heavy (non-hydrogen) atoms. The third-order valence-electron chi connectivity index (χ3n) is 2.92. The van der Waals surface area contributed by atoms with Gasteiger partial charge in [-0.2, -0.15) is 5.10 Å². The second-order valence-corrected chi connectivity index (χ2v) is 4.31. The molecule has 3 nitrogen and oxygen atoms in total. The Bertz CT molecular complexity index is 317. The maximum absolute atomic E-state index is 4.19. The Balaban J connectivity index is 2.47. The minimum absolute atomic E-state index is 0.364. The molecule has 0 radical (unpaired) electrons. The van der Waals surface area contributed by atoms with Crippen LogP contribution in [-0.4, -0.2) is 15.8 Å². The molecule has 0 aromatic carbocycles. The first-order valence-electron chi connectivity index (χ1n) is 6.02. The van der Waals surface area contributed by atoms with E-state index in [1.54, 1.807) is 0 Å². The molecule has 0 amide bonds. The Hall–Kier alpha value is -1.09. The standard InChI is InChI=1S/C13H23N3/c1-5-7-8-13(6-2)15-11(3)12-9-14-16(4)10-12/h5,9-11,13,15H,1,6-8H2,2-4H3/t11-,13+/m0/s1. The van der Waals surface area contributed by atoms with Gasteiger partial charge in [-0.15, -0.1) is 6.58 Å². The number of hydrogen-bond acceptors (Lipinski definition) is 2. The number of nitrogens with zero attached hydrogens (tertiary/aromatic N) is 2. The highest BCUT2D eigenvalue weighted by Crippen LogP contribution is 2.14. The van der Waals surface area contributed by atoms with E-state index in [1.807, 2.05) is 24.0 Å². The smallest absolute Gasteiger partial charge is 0.0537 e. The molecule has 1 rings (SSSR count). The average Bonchev–Trinajstić information content (AvgIpc) is 2.70. The van der Waals surface area contributed by atoms with E-state index >= 15 is 0 Å². The minimum Gasteiger partial charge on any atom is -0.307 e. The van der Waals surface area contributed by atoms with Crippen LogP contribution in [0.5, 0.6) is 0 Å². The first-order valence-corrected chi connectivity index (χ1v) is 6.02. The van der Waals surface area contributed by atoms with Crippen molar-refractivity contribution in [1.29, 1.82) is 0 Å². The van der Waals surface area contributed by atoms with Crippen LogP contribution < -0.4 is 5.32 Å². The fraction of sp³-hybridized carbons (Fsp3) is 0.615. The van der Waals surface area contributed by atoms with E-state index in [2.05, 4.69) is 37.0 Å². The molecule has 0 spiro atoms. The molecule has 0 aliphatic heterocycles. The number of aryl methyl sites for hydroxylation is 1. The maximum atomic E-state index is 4.19. The zero-order chi connectivity index (χ0) is 12.0.